The zero-order valence-corrected chi connectivity index (χ0v) is 30.3. The van der Waals surface area contributed by atoms with Gasteiger partial charge >= 0.3 is 6.09 Å². The van der Waals surface area contributed by atoms with E-state index in [0.29, 0.717) is 78.2 Å². The fourth-order valence-electron chi connectivity index (χ4n) is 6.31. The molecule has 2 aliphatic rings. The fourth-order valence-corrected chi connectivity index (χ4v) is 6.88. The van der Waals surface area contributed by atoms with E-state index in [2.05, 4.69) is 20.3 Å². The summed E-state index contributed by atoms with van der Waals surface area (Å²) < 4.78 is 12.5. The number of aromatic nitrogens is 4. The number of ether oxygens (including phenoxy) is 2. The predicted molar refractivity (Wildman–Crippen MR) is 191 cm³/mol. The van der Waals surface area contributed by atoms with Crippen molar-refractivity contribution >= 4 is 53.1 Å². The van der Waals surface area contributed by atoms with Gasteiger partial charge in [-0.3, -0.25) is 19.4 Å². The van der Waals surface area contributed by atoms with Gasteiger partial charge in [0.1, 0.15) is 5.60 Å². The average Bonchev–Trinajstić information content (AvgIpc) is 3.73. The SMILES string of the molecule is COc1nc(-c2ccnc(-c3cccc(NC(=O)c4nc5c(n4C)CCN(C(=O)[C@H]4CCN(C(=O)OC(C)(C)C)C4)C5)c3Cl)c2Cl)ccc1C=O. The Morgan fingerprint density at radius 2 is 1.78 bits per heavy atom. The van der Waals surface area contributed by atoms with Crippen molar-refractivity contribution in [3.63, 3.8) is 0 Å². The van der Waals surface area contributed by atoms with Gasteiger partial charge in [-0.2, -0.15) is 0 Å². The molecule has 0 radical (unpaired) electrons. The van der Waals surface area contributed by atoms with Gasteiger partial charge in [0.25, 0.3) is 5.91 Å². The molecule has 0 saturated carbocycles. The fraction of sp³-hybridized carbons (Fsp3) is 0.361. The van der Waals surface area contributed by atoms with Crippen LogP contribution >= 0.6 is 23.2 Å². The molecule has 3 aromatic heterocycles. The number of aldehydes is 1. The van der Waals surface area contributed by atoms with Crippen LogP contribution in [-0.4, -0.2) is 85.9 Å². The van der Waals surface area contributed by atoms with Gasteiger partial charge in [0.2, 0.25) is 11.8 Å². The number of hydrogen-bond acceptors (Lipinski definition) is 9. The zero-order chi connectivity index (χ0) is 36.6. The summed E-state index contributed by atoms with van der Waals surface area (Å²) in [5.41, 5.74) is 3.37. The van der Waals surface area contributed by atoms with Crippen LogP contribution in [0, 0.1) is 5.92 Å². The Labute approximate surface area is 304 Å². The van der Waals surface area contributed by atoms with Gasteiger partial charge < -0.3 is 29.2 Å². The molecule has 1 saturated heterocycles. The molecule has 266 valence electrons. The topological polar surface area (TPSA) is 149 Å². The van der Waals surface area contributed by atoms with Gasteiger partial charge in [-0.25, -0.2) is 14.8 Å². The summed E-state index contributed by atoms with van der Waals surface area (Å²) in [6.45, 7) is 6.92. The summed E-state index contributed by atoms with van der Waals surface area (Å²) in [7, 11) is 3.19. The molecule has 3 amide bonds. The van der Waals surface area contributed by atoms with Crippen molar-refractivity contribution in [2.45, 2.75) is 45.8 Å². The van der Waals surface area contributed by atoms with Crippen molar-refractivity contribution in [2.24, 2.45) is 13.0 Å². The lowest BCUT2D eigenvalue weighted by molar-refractivity contribution is -0.136. The second kappa shape index (κ2) is 14.3. The third-order valence-corrected chi connectivity index (χ3v) is 9.63. The molecule has 51 heavy (non-hydrogen) atoms. The molecule has 4 aromatic rings. The van der Waals surface area contributed by atoms with E-state index in [1.165, 1.54) is 7.11 Å². The van der Waals surface area contributed by atoms with Gasteiger partial charge in [0, 0.05) is 56.1 Å². The van der Waals surface area contributed by atoms with Gasteiger partial charge in [-0.1, -0.05) is 35.3 Å². The predicted octanol–water partition coefficient (Wildman–Crippen LogP) is 6.07. The molecular formula is C36H37Cl2N7O6. The highest BCUT2D eigenvalue weighted by molar-refractivity contribution is 6.39. The highest BCUT2D eigenvalue weighted by atomic mass is 35.5. The largest absolute Gasteiger partial charge is 0.480 e. The number of benzene rings is 1. The molecule has 1 N–H and O–H groups in total. The number of nitrogens with one attached hydrogen (secondary N) is 1. The van der Waals surface area contributed by atoms with Crippen molar-refractivity contribution in [1.82, 2.24) is 29.3 Å². The molecule has 6 rings (SSSR count). The second-order valence-electron chi connectivity index (χ2n) is 13.4. The van der Waals surface area contributed by atoms with Crippen molar-refractivity contribution in [1.29, 1.82) is 0 Å². The molecule has 0 unspecified atom stereocenters. The Balaban J connectivity index is 1.17. The first-order valence-corrected chi connectivity index (χ1v) is 17.1. The first-order chi connectivity index (χ1) is 24.3. The molecule has 15 heteroatoms. The molecule has 0 bridgehead atoms. The van der Waals surface area contributed by atoms with E-state index in [4.69, 9.17) is 32.7 Å². The van der Waals surface area contributed by atoms with E-state index < -0.39 is 17.6 Å². The van der Waals surface area contributed by atoms with Gasteiger partial charge in [-0.15, -0.1) is 0 Å². The van der Waals surface area contributed by atoms with E-state index in [9.17, 15) is 19.2 Å². The van der Waals surface area contributed by atoms with Crippen LogP contribution < -0.4 is 10.1 Å². The highest BCUT2D eigenvalue weighted by Gasteiger charge is 2.37. The maximum atomic E-state index is 13.6. The van der Waals surface area contributed by atoms with Crippen LogP contribution in [0.25, 0.3) is 22.5 Å². The number of methoxy groups -OCH3 is 1. The number of halogens is 2. The molecule has 13 nitrogen and oxygen atoms in total. The molecule has 0 spiro atoms. The Morgan fingerprint density at radius 1 is 1.00 bits per heavy atom. The lowest BCUT2D eigenvalue weighted by Gasteiger charge is -2.29. The van der Waals surface area contributed by atoms with Crippen LogP contribution in [0.4, 0.5) is 10.5 Å². The molecule has 0 aliphatic carbocycles. The first kappa shape index (κ1) is 35.8. The zero-order valence-electron chi connectivity index (χ0n) is 28.8. The average molecular weight is 735 g/mol. The van der Waals surface area contributed by atoms with E-state index in [-0.39, 0.29) is 40.1 Å². The second-order valence-corrected chi connectivity index (χ2v) is 14.1. The van der Waals surface area contributed by atoms with Crippen molar-refractivity contribution in [3.8, 4) is 28.4 Å². The summed E-state index contributed by atoms with van der Waals surface area (Å²) in [4.78, 5) is 67.8. The number of rotatable bonds is 7. The number of carbonyl (C=O) groups excluding carboxylic acids is 4. The summed E-state index contributed by atoms with van der Waals surface area (Å²) in [6.07, 6.45) is 2.89. The Kier molecular flexibility index (Phi) is 10.0. The number of pyridine rings is 2. The van der Waals surface area contributed by atoms with Gasteiger partial charge in [0.15, 0.2) is 12.1 Å². The van der Waals surface area contributed by atoms with Gasteiger partial charge in [-0.05, 0) is 51.5 Å². The molecule has 5 heterocycles. The van der Waals surface area contributed by atoms with Crippen molar-refractivity contribution < 1.29 is 28.7 Å². The molecule has 1 fully saturated rings. The molecule has 1 aromatic carbocycles. The van der Waals surface area contributed by atoms with Crippen LogP contribution in [0.2, 0.25) is 10.0 Å². The minimum absolute atomic E-state index is 0.0452. The number of fused-ring (bicyclic) bond motifs is 1. The number of imidazole rings is 1. The number of hydrogen-bond donors (Lipinski definition) is 1. The lowest BCUT2D eigenvalue weighted by Crippen LogP contribution is -2.42. The maximum Gasteiger partial charge on any atom is 0.410 e. The highest BCUT2D eigenvalue weighted by Crippen LogP contribution is 2.40. The van der Waals surface area contributed by atoms with Crippen LogP contribution in [0.15, 0.2) is 42.6 Å². The number of anilines is 1. The maximum absolute atomic E-state index is 13.6. The van der Waals surface area contributed by atoms with E-state index in [0.717, 1.165) is 5.69 Å². The third-order valence-electron chi connectivity index (χ3n) is 8.84. The quantitative estimate of drug-likeness (QED) is 0.224. The number of nitrogens with zero attached hydrogens (tertiary/aromatic N) is 6. The first-order valence-electron chi connectivity index (χ1n) is 16.4. The van der Waals surface area contributed by atoms with Crippen LogP contribution in [-0.2, 0) is 29.5 Å². The van der Waals surface area contributed by atoms with Crippen LogP contribution in [0.3, 0.4) is 0 Å². The monoisotopic (exact) mass is 733 g/mol. The number of amides is 3. The summed E-state index contributed by atoms with van der Waals surface area (Å²) in [5, 5.41) is 3.35. The Morgan fingerprint density at radius 3 is 2.51 bits per heavy atom. The van der Waals surface area contributed by atoms with Crippen LogP contribution in [0.5, 0.6) is 5.88 Å². The molecule has 2 aliphatic heterocycles. The van der Waals surface area contributed by atoms with E-state index in [1.807, 2.05) is 20.8 Å². The van der Waals surface area contributed by atoms with E-state index >= 15 is 0 Å². The van der Waals surface area contributed by atoms with Crippen LogP contribution in [0.1, 0.15) is 59.6 Å². The van der Waals surface area contributed by atoms with Crippen molar-refractivity contribution in [3.05, 3.63) is 75.4 Å². The lowest BCUT2D eigenvalue weighted by atomic mass is 10.0. The number of likely N-dealkylation sites (tertiary alicyclic amines) is 1. The smallest absolute Gasteiger partial charge is 0.410 e. The molecular weight excluding hydrogens is 697 g/mol. The minimum Gasteiger partial charge on any atom is -0.480 e. The summed E-state index contributed by atoms with van der Waals surface area (Å²) >= 11 is 13.7. The third kappa shape index (κ3) is 7.26. The minimum atomic E-state index is -0.614. The van der Waals surface area contributed by atoms with E-state index in [1.54, 1.807) is 64.0 Å². The summed E-state index contributed by atoms with van der Waals surface area (Å²) in [5.74, 6) is -0.519. The van der Waals surface area contributed by atoms with Gasteiger partial charge in [0.05, 0.1) is 58.0 Å². The normalized spacial score (nSPS) is 15.7. The van der Waals surface area contributed by atoms with Crippen molar-refractivity contribution in [2.75, 3.05) is 32.1 Å². The Hall–Kier alpha value is -5.01. The number of carbonyl (C=O) groups is 4. The molecule has 1 atom stereocenters. The summed E-state index contributed by atoms with van der Waals surface area (Å²) in [6, 6.07) is 10.1. The standard InChI is InChI=1S/C36H37Cl2N7O6/c1-36(2,3)51-35(49)45-15-12-20(17-45)34(48)44-16-13-27-26(18-44)40-31(43(27)4)32(47)41-25-8-6-7-23(28(25)37)30-29(38)22(11-14-39-30)24-10-9-21(19-46)33(42-24)50-5/h6-11,14,19-20H,12-13,15-18H2,1-5H3,(H,41,47)/t20-/m0/s1. The Bertz CT molecular complexity index is 2040.